The highest BCUT2D eigenvalue weighted by atomic mass is 32.2. The van der Waals surface area contributed by atoms with Gasteiger partial charge < -0.3 is 8.37 Å². The Morgan fingerprint density at radius 1 is 0.800 bits per heavy atom. The van der Waals surface area contributed by atoms with Crippen LogP contribution >= 0.6 is 0 Å². The highest BCUT2D eigenvalue weighted by Crippen LogP contribution is 2.04. The minimum atomic E-state index is -4.13. The summed E-state index contributed by atoms with van der Waals surface area (Å²) in [5.74, 6) is -2.38. The predicted octanol–water partition coefficient (Wildman–Crippen LogP) is 0.580. The van der Waals surface area contributed by atoms with Gasteiger partial charge in [-0.3, -0.25) is 9.59 Å². The van der Waals surface area contributed by atoms with Gasteiger partial charge in [-0.05, 0) is 13.8 Å². The summed E-state index contributed by atoms with van der Waals surface area (Å²) < 4.78 is 52.4. The van der Waals surface area contributed by atoms with Gasteiger partial charge in [0.25, 0.3) is 0 Å². The lowest BCUT2D eigenvalue weighted by molar-refractivity contribution is -0.140. The van der Waals surface area contributed by atoms with Crippen LogP contribution in [0.3, 0.4) is 0 Å². The third kappa shape index (κ3) is 8.43. The van der Waals surface area contributed by atoms with Crippen molar-refractivity contribution in [1.29, 1.82) is 0 Å². The summed E-state index contributed by atoms with van der Waals surface area (Å²) in [5, 5.41) is 1.33. The number of hydrogen-bond acceptors (Lipinski definition) is 8. The second-order valence-electron chi connectivity index (χ2n) is 3.34. The third-order valence-electron chi connectivity index (χ3n) is 1.56. The second kappa shape index (κ2) is 7.80. The van der Waals surface area contributed by atoms with Gasteiger partial charge in [0.15, 0.2) is 0 Å². The molecule has 0 aromatic heterocycles. The molecule has 0 atom stereocenters. The van der Waals surface area contributed by atoms with E-state index in [0.29, 0.717) is 10.8 Å². The van der Waals surface area contributed by atoms with Crippen molar-refractivity contribution in [3.8, 4) is 0 Å². The molecule has 0 saturated heterocycles. The van der Waals surface area contributed by atoms with Gasteiger partial charge in [0.2, 0.25) is 0 Å². The van der Waals surface area contributed by atoms with E-state index < -0.39 is 45.0 Å². The van der Waals surface area contributed by atoms with Gasteiger partial charge in [-0.15, -0.1) is 0 Å². The van der Waals surface area contributed by atoms with E-state index in [9.17, 15) is 26.4 Å². The van der Waals surface area contributed by atoms with Crippen molar-refractivity contribution in [2.75, 3.05) is 0 Å². The third-order valence-corrected chi connectivity index (χ3v) is 3.60. The maximum absolute atomic E-state index is 11.1. The lowest BCUT2D eigenvalue weighted by Crippen LogP contribution is -2.15. The second-order valence-corrected chi connectivity index (χ2v) is 6.18. The van der Waals surface area contributed by atoms with Crippen LogP contribution in [0, 0.1) is 0 Å². The zero-order chi connectivity index (χ0) is 15.8. The van der Waals surface area contributed by atoms with Crippen molar-refractivity contribution in [2.24, 2.45) is 0 Å². The minimum Gasteiger partial charge on any atom is -0.343 e. The predicted molar refractivity (Wildman–Crippen MR) is 68.9 cm³/mol. The molecule has 0 spiro atoms. The van der Waals surface area contributed by atoms with E-state index in [2.05, 4.69) is 8.37 Å². The van der Waals surface area contributed by atoms with E-state index in [1.54, 1.807) is 0 Å². The Morgan fingerprint density at radius 3 is 1.35 bits per heavy atom. The molecule has 8 nitrogen and oxygen atoms in total. The fraction of sp³-hybridized carbons (Fsp3) is 0.400. The van der Waals surface area contributed by atoms with Crippen LogP contribution in [0.25, 0.3) is 0 Å². The van der Waals surface area contributed by atoms with E-state index in [1.165, 1.54) is 13.8 Å². The van der Waals surface area contributed by atoms with Crippen molar-refractivity contribution in [3.63, 3.8) is 0 Å². The highest BCUT2D eigenvalue weighted by molar-refractivity contribution is 7.90. The fourth-order valence-corrected chi connectivity index (χ4v) is 2.40. The van der Waals surface area contributed by atoms with Crippen molar-refractivity contribution in [1.82, 2.24) is 0 Å². The molecular formula is C10H14O8S2. The van der Waals surface area contributed by atoms with E-state index in [-0.39, 0.29) is 0 Å². The Balaban J connectivity index is 4.37. The number of hydrogen-bond donors (Lipinski definition) is 0. The summed E-state index contributed by atoms with van der Waals surface area (Å²) in [6.45, 7) is 2.82. The first-order valence-electron chi connectivity index (χ1n) is 5.32. The van der Waals surface area contributed by atoms with Crippen molar-refractivity contribution < 1.29 is 34.8 Å². The molecule has 0 N–H and O–H groups in total. The molecule has 0 unspecified atom stereocenters. The molecule has 0 radical (unpaired) electrons. The standard InChI is InChI=1S/C10H14O8S2/c1-3-7-19(13,14)17-9(11)5-6-10(12)18-20(15,16)8-4-2/h3-4,7-8H,5-6H2,1-2H3. The lowest BCUT2D eigenvalue weighted by Gasteiger charge is -2.02. The molecular weight excluding hydrogens is 312 g/mol. The largest absolute Gasteiger partial charge is 0.343 e. The minimum absolute atomic E-state index is 0.624. The van der Waals surface area contributed by atoms with E-state index in [0.717, 1.165) is 12.2 Å². The summed E-state index contributed by atoms with van der Waals surface area (Å²) in [6.07, 6.45) is 1.06. The first-order chi connectivity index (χ1) is 9.12. The monoisotopic (exact) mass is 326 g/mol. The van der Waals surface area contributed by atoms with Gasteiger partial charge in [-0.2, -0.15) is 16.8 Å². The van der Waals surface area contributed by atoms with Crippen LogP contribution < -0.4 is 0 Å². The Hall–Kier alpha value is -1.68. The molecule has 0 aromatic rings. The van der Waals surface area contributed by atoms with Crippen LogP contribution in [0.15, 0.2) is 23.0 Å². The molecule has 114 valence electrons. The topological polar surface area (TPSA) is 121 Å². The number of rotatable bonds is 7. The van der Waals surface area contributed by atoms with Gasteiger partial charge >= 0.3 is 32.2 Å². The SMILES string of the molecule is CC=CS(=O)(=O)OC(=O)CCC(=O)OS(=O)(=O)C=CC. The Kier molecular flexibility index (Phi) is 7.14. The van der Waals surface area contributed by atoms with E-state index >= 15 is 0 Å². The van der Waals surface area contributed by atoms with E-state index in [4.69, 9.17) is 0 Å². The lowest BCUT2D eigenvalue weighted by atomic mass is 10.3. The van der Waals surface area contributed by atoms with Crippen molar-refractivity contribution in [3.05, 3.63) is 23.0 Å². The van der Waals surface area contributed by atoms with Crippen molar-refractivity contribution >= 4 is 32.2 Å². The van der Waals surface area contributed by atoms with E-state index in [1.807, 2.05) is 0 Å². The Morgan fingerprint density at radius 2 is 1.10 bits per heavy atom. The zero-order valence-corrected chi connectivity index (χ0v) is 12.4. The van der Waals surface area contributed by atoms with Crippen LogP contribution in [0.2, 0.25) is 0 Å². The highest BCUT2D eigenvalue weighted by Gasteiger charge is 2.18. The molecule has 0 saturated carbocycles. The van der Waals surface area contributed by atoms with Crippen LogP contribution in [0.4, 0.5) is 0 Å². The molecule has 0 aliphatic carbocycles. The van der Waals surface area contributed by atoms with Crippen LogP contribution in [0.1, 0.15) is 26.7 Å². The molecule has 0 aliphatic rings. The Bertz CT molecular complexity index is 554. The molecule has 0 rings (SSSR count). The maximum Gasteiger partial charge on any atom is 0.334 e. The smallest absolute Gasteiger partial charge is 0.334 e. The van der Waals surface area contributed by atoms with Crippen LogP contribution in [-0.4, -0.2) is 28.8 Å². The molecule has 20 heavy (non-hydrogen) atoms. The van der Waals surface area contributed by atoms with Crippen LogP contribution in [0.5, 0.6) is 0 Å². The molecule has 10 heteroatoms. The summed E-state index contributed by atoms with van der Waals surface area (Å²) >= 11 is 0. The summed E-state index contributed by atoms with van der Waals surface area (Å²) in [4.78, 5) is 22.2. The van der Waals surface area contributed by atoms with Crippen molar-refractivity contribution in [2.45, 2.75) is 26.7 Å². The first kappa shape index (κ1) is 18.3. The number of carbonyl (C=O) groups is 2. The summed E-state index contributed by atoms with van der Waals surface area (Å²) in [6, 6.07) is 0. The van der Waals surface area contributed by atoms with Gasteiger partial charge in [-0.25, -0.2) is 0 Å². The quantitative estimate of drug-likeness (QED) is 0.623. The normalized spacial score (nSPS) is 12.7. The summed E-state index contributed by atoms with van der Waals surface area (Å²) in [7, 11) is -8.27. The van der Waals surface area contributed by atoms with Gasteiger partial charge in [0.05, 0.1) is 23.7 Å². The number of carbonyl (C=O) groups excluding carboxylic acids is 2. The molecule has 0 heterocycles. The molecule has 0 amide bonds. The van der Waals surface area contributed by atoms with Gasteiger partial charge in [-0.1, -0.05) is 12.2 Å². The average Bonchev–Trinajstić information content (AvgIpc) is 2.24. The average molecular weight is 326 g/mol. The maximum atomic E-state index is 11.1. The number of allylic oxidation sites excluding steroid dienone is 2. The van der Waals surface area contributed by atoms with Gasteiger partial charge in [0, 0.05) is 0 Å². The zero-order valence-electron chi connectivity index (χ0n) is 10.8. The van der Waals surface area contributed by atoms with Gasteiger partial charge in [0.1, 0.15) is 0 Å². The molecule has 0 fully saturated rings. The summed E-state index contributed by atoms with van der Waals surface area (Å²) in [5.41, 5.74) is 0. The Labute approximate surface area is 117 Å². The first-order valence-corrected chi connectivity index (χ1v) is 8.26. The molecule has 0 aliphatic heterocycles. The van der Waals surface area contributed by atoms with Crippen LogP contribution in [-0.2, 0) is 38.2 Å². The molecule has 0 bridgehead atoms. The molecule has 0 aromatic carbocycles. The fourth-order valence-electron chi connectivity index (χ4n) is 0.935.